The van der Waals surface area contributed by atoms with Crippen molar-refractivity contribution in [1.29, 1.82) is 0 Å². The van der Waals surface area contributed by atoms with Crippen molar-refractivity contribution < 1.29 is 13.0 Å². The average Bonchev–Trinajstić information content (AvgIpc) is 2.01. The fourth-order valence-electron chi connectivity index (χ4n) is 0.864. The molecular weight excluding hydrogens is 214 g/mol. The number of halogens is 1. The summed E-state index contributed by atoms with van der Waals surface area (Å²) in [6, 6.07) is 3.96. The van der Waals surface area contributed by atoms with Crippen molar-refractivity contribution in [3.8, 4) is 0 Å². The molecule has 2 N–H and O–H groups in total. The highest BCUT2D eigenvalue weighted by atomic mass is 35.5. The summed E-state index contributed by atoms with van der Waals surface area (Å²) in [5, 5.41) is -0.0627. The van der Waals surface area contributed by atoms with Crippen molar-refractivity contribution in [3.05, 3.63) is 28.8 Å². The summed E-state index contributed by atoms with van der Waals surface area (Å²) in [6.07, 6.45) is 0. The van der Waals surface area contributed by atoms with Crippen molar-refractivity contribution in [2.75, 3.05) is 0 Å². The third-order valence-corrected chi connectivity index (χ3v) is 2.81. The summed E-state index contributed by atoms with van der Waals surface area (Å²) in [5.41, 5.74) is 7.59. The smallest absolute Gasteiger partial charge is 0.282 e. The Hall–Kier alpha value is -0.620. The van der Waals surface area contributed by atoms with Gasteiger partial charge in [-0.2, -0.15) is 8.42 Å². The lowest BCUT2D eigenvalue weighted by atomic mass is 10.2. The Kier molecular flexibility index (Phi) is 2.92. The molecular formula is C7H7ClNO3S. The minimum Gasteiger partial charge on any atom is -0.282 e. The molecule has 0 fully saturated rings. The molecule has 13 heavy (non-hydrogen) atoms. The Morgan fingerprint density at radius 2 is 2.08 bits per heavy atom. The van der Waals surface area contributed by atoms with Gasteiger partial charge in [0.2, 0.25) is 0 Å². The van der Waals surface area contributed by atoms with Gasteiger partial charge in [-0.15, -0.1) is 0 Å². The first-order chi connectivity index (χ1) is 5.95. The maximum atomic E-state index is 10.7. The van der Waals surface area contributed by atoms with E-state index in [1.165, 1.54) is 18.2 Å². The largest absolute Gasteiger partial charge is 0.296 e. The molecule has 0 heterocycles. The zero-order chi connectivity index (χ0) is 10.1. The van der Waals surface area contributed by atoms with E-state index in [2.05, 4.69) is 0 Å². The third kappa shape index (κ3) is 2.41. The van der Waals surface area contributed by atoms with Gasteiger partial charge in [-0.1, -0.05) is 17.7 Å². The highest BCUT2D eigenvalue weighted by molar-refractivity contribution is 7.86. The Bertz CT molecular complexity index is 416. The van der Waals surface area contributed by atoms with E-state index < -0.39 is 10.1 Å². The minimum absolute atomic E-state index is 0.0193. The molecule has 1 aromatic rings. The predicted molar refractivity (Wildman–Crippen MR) is 48.1 cm³/mol. The van der Waals surface area contributed by atoms with Crippen LogP contribution in [0.1, 0.15) is 5.56 Å². The molecule has 0 unspecified atom stereocenters. The molecule has 0 spiro atoms. The summed E-state index contributed by atoms with van der Waals surface area (Å²) in [4.78, 5) is -0.327. The van der Waals surface area contributed by atoms with Gasteiger partial charge in [-0.25, -0.2) is 0 Å². The molecule has 0 atom stereocenters. The maximum Gasteiger partial charge on any atom is 0.296 e. The zero-order valence-electron chi connectivity index (χ0n) is 6.49. The van der Waals surface area contributed by atoms with Gasteiger partial charge in [0, 0.05) is 6.54 Å². The average molecular weight is 221 g/mol. The quantitative estimate of drug-likeness (QED) is 0.765. The van der Waals surface area contributed by atoms with Crippen LogP contribution in [-0.2, 0) is 16.7 Å². The summed E-state index contributed by atoms with van der Waals surface area (Å²) in [5.74, 6) is 0. The van der Waals surface area contributed by atoms with Gasteiger partial charge >= 0.3 is 0 Å². The van der Waals surface area contributed by atoms with E-state index in [4.69, 9.17) is 21.9 Å². The summed E-state index contributed by atoms with van der Waals surface area (Å²) in [7, 11) is -4.25. The van der Waals surface area contributed by atoms with Crippen LogP contribution in [0.25, 0.3) is 0 Å². The Labute approximate surface area is 81.1 Å². The van der Waals surface area contributed by atoms with Crippen molar-refractivity contribution in [3.63, 3.8) is 0 Å². The van der Waals surface area contributed by atoms with E-state index in [-0.39, 0.29) is 16.5 Å². The molecule has 0 aliphatic heterocycles. The van der Waals surface area contributed by atoms with Crippen LogP contribution in [0.2, 0.25) is 5.02 Å². The highest BCUT2D eigenvalue weighted by Crippen LogP contribution is 2.22. The van der Waals surface area contributed by atoms with Gasteiger partial charge in [0.1, 0.15) is 4.90 Å². The van der Waals surface area contributed by atoms with E-state index in [0.29, 0.717) is 5.56 Å². The number of nitrogens with one attached hydrogen (secondary N) is 1. The van der Waals surface area contributed by atoms with Crippen LogP contribution in [0.15, 0.2) is 23.1 Å². The van der Waals surface area contributed by atoms with Crippen LogP contribution >= 0.6 is 11.6 Å². The van der Waals surface area contributed by atoms with Crippen LogP contribution in [0.4, 0.5) is 0 Å². The Morgan fingerprint density at radius 3 is 2.46 bits per heavy atom. The van der Waals surface area contributed by atoms with Crippen LogP contribution in [0, 0.1) is 0 Å². The predicted octanol–water partition coefficient (Wildman–Crippen LogP) is 1.37. The van der Waals surface area contributed by atoms with Crippen LogP contribution in [-0.4, -0.2) is 13.0 Å². The molecule has 1 radical (unpaired) electrons. The number of rotatable bonds is 2. The first-order valence-electron chi connectivity index (χ1n) is 3.35. The maximum absolute atomic E-state index is 10.7. The van der Waals surface area contributed by atoms with Crippen molar-refractivity contribution in [1.82, 2.24) is 5.73 Å². The van der Waals surface area contributed by atoms with Crippen LogP contribution in [0.3, 0.4) is 0 Å². The summed E-state index contributed by atoms with van der Waals surface area (Å²) < 4.78 is 30.0. The van der Waals surface area contributed by atoms with Gasteiger partial charge in [0.25, 0.3) is 10.1 Å². The van der Waals surface area contributed by atoms with Gasteiger partial charge in [-0.3, -0.25) is 10.3 Å². The molecule has 1 rings (SSSR count). The Balaban J connectivity index is 3.29. The zero-order valence-corrected chi connectivity index (χ0v) is 8.06. The molecule has 0 aliphatic carbocycles. The second kappa shape index (κ2) is 3.63. The standard InChI is InChI=1S/C7H7ClNO3S/c8-6-3-5(4-9)1-2-7(6)13(10,11)12/h1-3,9H,4H2,(H,10,11,12). The molecule has 0 aliphatic rings. The topological polar surface area (TPSA) is 78.2 Å². The second-order valence-electron chi connectivity index (χ2n) is 2.42. The van der Waals surface area contributed by atoms with E-state index in [9.17, 15) is 8.42 Å². The second-order valence-corrected chi connectivity index (χ2v) is 4.21. The lowest BCUT2D eigenvalue weighted by molar-refractivity contribution is 0.483. The molecule has 4 nitrogen and oxygen atoms in total. The minimum atomic E-state index is -4.25. The summed E-state index contributed by atoms with van der Waals surface area (Å²) >= 11 is 5.57. The fraction of sp³-hybridized carbons (Fsp3) is 0.143. The fourth-order valence-corrected chi connectivity index (χ4v) is 1.90. The number of benzene rings is 1. The normalized spacial score (nSPS) is 11.6. The van der Waals surface area contributed by atoms with Crippen molar-refractivity contribution in [2.45, 2.75) is 11.4 Å². The van der Waals surface area contributed by atoms with Crippen LogP contribution in [0.5, 0.6) is 0 Å². The summed E-state index contributed by atoms with van der Waals surface area (Å²) in [6.45, 7) is 0.0193. The van der Waals surface area contributed by atoms with E-state index >= 15 is 0 Å². The van der Waals surface area contributed by atoms with Crippen LogP contribution < -0.4 is 5.73 Å². The molecule has 6 heteroatoms. The van der Waals surface area contributed by atoms with Gasteiger partial charge < -0.3 is 0 Å². The molecule has 0 saturated heterocycles. The number of hydrogen-bond donors (Lipinski definition) is 1. The van der Waals surface area contributed by atoms with Gasteiger partial charge in [0.15, 0.2) is 0 Å². The molecule has 0 amide bonds. The third-order valence-electron chi connectivity index (χ3n) is 1.48. The lowest BCUT2D eigenvalue weighted by Gasteiger charge is -2.01. The van der Waals surface area contributed by atoms with Gasteiger partial charge in [-0.05, 0) is 17.7 Å². The number of hydrogen-bond acceptors (Lipinski definition) is 2. The van der Waals surface area contributed by atoms with E-state index in [1.54, 1.807) is 0 Å². The van der Waals surface area contributed by atoms with Crippen molar-refractivity contribution in [2.24, 2.45) is 0 Å². The molecule has 1 aromatic carbocycles. The SMILES string of the molecule is [NH]Cc1ccc(S(=O)(=O)O)c(Cl)c1. The molecule has 71 valence electrons. The molecule has 0 bridgehead atoms. The highest BCUT2D eigenvalue weighted by Gasteiger charge is 2.13. The van der Waals surface area contributed by atoms with Crippen molar-refractivity contribution >= 4 is 21.7 Å². The van der Waals surface area contributed by atoms with Gasteiger partial charge in [0.05, 0.1) is 5.02 Å². The molecule has 0 aromatic heterocycles. The monoisotopic (exact) mass is 220 g/mol. The lowest BCUT2D eigenvalue weighted by Crippen LogP contribution is -1.99. The Morgan fingerprint density at radius 1 is 1.46 bits per heavy atom. The molecule has 0 saturated carbocycles. The van der Waals surface area contributed by atoms with E-state index in [0.717, 1.165) is 0 Å². The van der Waals surface area contributed by atoms with E-state index in [1.807, 2.05) is 0 Å². The first-order valence-corrected chi connectivity index (χ1v) is 5.17. The first kappa shape index (κ1) is 10.5.